The number of fused-ring (bicyclic) bond motifs is 1. The number of aryl methyl sites for hydroxylation is 1. The Morgan fingerprint density at radius 3 is 2.63 bits per heavy atom. The maximum atomic E-state index is 14.6. The lowest BCUT2D eigenvalue weighted by Crippen LogP contribution is -2.06. The molecule has 0 spiro atoms. The van der Waals surface area contributed by atoms with Crippen LogP contribution in [0.25, 0.3) is 22.0 Å². The summed E-state index contributed by atoms with van der Waals surface area (Å²) in [5, 5.41) is 17.2. The van der Waals surface area contributed by atoms with Crippen LogP contribution in [0.4, 0.5) is 8.78 Å². The van der Waals surface area contributed by atoms with Crippen LogP contribution in [0.3, 0.4) is 0 Å². The standard InChI is InChI=1S/C19H14F2N4O2/c1-24-9-13(8-22-24)11-5-6-12(15(21)7-11)10-25-16-4-2-3-14(20)17(16)18(23-25)19(26)27/h2-9H,10H2,1H3,(H,26,27). The molecular formula is C19H14F2N4O2. The molecule has 0 atom stereocenters. The molecule has 0 radical (unpaired) electrons. The van der Waals surface area contributed by atoms with Gasteiger partial charge in [0.25, 0.3) is 0 Å². The summed E-state index contributed by atoms with van der Waals surface area (Å²) >= 11 is 0. The van der Waals surface area contributed by atoms with Gasteiger partial charge in [-0.25, -0.2) is 13.6 Å². The molecule has 0 aliphatic rings. The first kappa shape index (κ1) is 16.9. The molecule has 0 saturated carbocycles. The van der Waals surface area contributed by atoms with E-state index in [0.717, 1.165) is 5.56 Å². The van der Waals surface area contributed by atoms with Crippen molar-refractivity contribution in [3.63, 3.8) is 0 Å². The van der Waals surface area contributed by atoms with Crippen molar-refractivity contribution in [1.82, 2.24) is 19.6 Å². The van der Waals surface area contributed by atoms with E-state index in [4.69, 9.17) is 0 Å². The third kappa shape index (κ3) is 2.95. The van der Waals surface area contributed by atoms with Crippen LogP contribution in [0.2, 0.25) is 0 Å². The first-order chi connectivity index (χ1) is 12.9. The van der Waals surface area contributed by atoms with Crippen molar-refractivity contribution < 1.29 is 18.7 Å². The fourth-order valence-electron chi connectivity index (χ4n) is 3.04. The van der Waals surface area contributed by atoms with Gasteiger partial charge in [-0.15, -0.1) is 0 Å². The fraction of sp³-hybridized carbons (Fsp3) is 0.105. The summed E-state index contributed by atoms with van der Waals surface area (Å²) in [4.78, 5) is 11.4. The van der Waals surface area contributed by atoms with Crippen molar-refractivity contribution in [2.24, 2.45) is 7.05 Å². The van der Waals surface area contributed by atoms with Gasteiger partial charge in [0.05, 0.1) is 23.6 Å². The first-order valence-electron chi connectivity index (χ1n) is 8.10. The van der Waals surface area contributed by atoms with Gasteiger partial charge in [0.2, 0.25) is 0 Å². The summed E-state index contributed by atoms with van der Waals surface area (Å²) in [6.07, 6.45) is 3.41. The molecule has 1 N–H and O–H groups in total. The highest BCUT2D eigenvalue weighted by molar-refractivity contribution is 6.01. The predicted molar refractivity (Wildman–Crippen MR) is 94.4 cm³/mol. The van der Waals surface area contributed by atoms with E-state index >= 15 is 0 Å². The van der Waals surface area contributed by atoms with E-state index in [2.05, 4.69) is 10.2 Å². The second-order valence-corrected chi connectivity index (χ2v) is 6.15. The summed E-state index contributed by atoms with van der Waals surface area (Å²) in [7, 11) is 1.77. The van der Waals surface area contributed by atoms with Gasteiger partial charge in [-0.05, 0) is 23.8 Å². The van der Waals surface area contributed by atoms with Crippen LogP contribution in [-0.4, -0.2) is 30.6 Å². The molecule has 8 heteroatoms. The average Bonchev–Trinajstić information content (AvgIpc) is 3.22. The Morgan fingerprint density at radius 2 is 1.96 bits per heavy atom. The zero-order valence-corrected chi connectivity index (χ0v) is 14.2. The molecule has 136 valence electrons. The minimum absolute atomic E-state index is 0.0214. The number of carbonyl (C=O) groups is 1. The largest absolute Gasteiger partial charge is 0.476 e. The number of aromatic nitrogens is 4. The lowest BCUT2D eigenvalue weighted by atomic mass is 10.1. The SMILES string of the molecule is Cn1cc(-c2ccc(Cn3nc(C(=O)O)c4c(F)cccc43)c(F)c2)cn1. The Hall–Kier alpha value is -3.55. The van der Waals surface area contributed by atoms with Gasteiger partial charge in [0, 0.05) is 24.4 Å². The average molecular weight is 368 g/mol. The second kappa shape index (κ2) is 6.31. The first-order valence-corrected chi connectivity index (χ1v) is 8.10. The Labute approximate surface area is 152 Å². The van der Waals surface area contributed by atoms with Crippen LogP contribution in [0.5, 0.6) is 0 Å². The maximum Gasteiger partial charge on any atom is 0.357 e. The Kier molecular flexibility index (Phi) is 3.95. The Balaban J connectivity index is 1.74. The summed E-state index contributed by atoms with van der Waals surface area (Å²) < 4.78 is 31.6. The normalized spacial score (nSPS) is 11.2. The van der Waals surface area contributed by atoms with E-state index in [-0.39, 0.29) is 11.9 Å². The minimum atomic E-state index is -1.34. The van der Waals surface area contributed by atoms with Crippen LogP contribution >= 0.6 is 0 Å². The molecule has 4 rings (SSSR count). The highest BCUT2D eigenvalue weighted by Crippen LogP contribution is 2.25. The smallest absolute Gasteiger partial charge is 0.357 e. The molecule has 2 heterocycles. The van der Waals surface area contributed by atoms with Crippen LogP contribution in [0.1, 0.15) is 16.1 Å². The topological polar surface area (TPSA) is 72.9 Å². The Morgan fingerprint density at radius 1 is 1.15 bits per heavy atom. The lowest BCUT2D eigenvalue weighted by Gasteiger charge is -2.07. The molecule has 6 nitrogen and oxygen atoms in total. The maximum absolute atomic E-state index is 14.6. The van der Waals surface area contributed by atoms with E-state index < -0.39 is 23.3 Å². The van der Waals surface area contributed by atoms with Gasteiger partial charge in [-0.3, -0.25) is 9.36 Å². The number of benzene rings is 2. The highest BCUT2D eigenvalue weighted by atomic mass is 19.1. The van der Waals surface area contributed by atoms with E-state index in [1.54, 1.807) is 42.3 Å². The van der Waals surface area contributed by atoms with Gasteiger partial charge in [-0.2, -0.15) is 10.2 Å². The molecule has 0 fully saturated rings. The number of rotatable bonds is 4. The molecule has 0 aliphatic heterocycles. The summed E-state index contributed by atoms with van der Waals surface area (Å²) in [6.45, 7) is -0.0214. The Bertz CT molecular complexity index is 1180. The number of hydrogen-bond donors (Lipinski definition) is 1. The monoisotopic (exact) mass is 368 g/mol. The summed E-state index contributed by atoms with van der Waals surface area (Å²) in [6, 6.07) is 8.93. The molecule has 0 bridgehead atoms. The van der Waals surface area contributed by atoms with E-state index in [1.165, 1.54) is 22.9 Å². The van der Waals surface area contributed by atoms with Crippen molar-refractivity contribution in [2.75, 3.05) is 0 Å². The second-order valence-electron chi connectivity index (χ2n) is 6.15. The molecule has 0 aliphatic carbocycles. The van der Waals surface area contributed by atoms with E-state index in [0.29, 0.717) is 16.6 Å². The number of hydrogen-bond acceptors (Lipinski definition) is 3. The molecule has 0 amide bonds. The molecule has 4 aromatic rings. The third-order valence-electron chi connectivity index (χ3n) is 4.34. The van der Waals surface area contributed by atoms with Crippen molar-refractivity contribution in [1.29, 1.82) is 0 Å². The molecular weight excluding hydrogens is 354 g/mol. The van der Waals surface area contributed by atoms with Crippen molar-refractivity contribution in [3.8, 4) is 11.1 Å². The van der Waals surface area contributed by atoms with Gasteiger partial charge < -0.3 is 5.11 Å². The van der Waals surface area contributed by atoms with E-state index in [1.807, 2.05) is 0 Å². The molecule has 27 heavy (non-hydrogen) atoms. The van der Waals surface area contributed by atoms with Crippen LogP contribution < -0.4 is 0 Å². The summed E-state index contributed by atoms with van der Waals surface area (Å²) in [5.41, 5.74) is 1.67. The molecule has 0 saturated heterocycles. The zero-order chi connectivity index (χ0) is 19.1. The fourth-order valence-corrected chi connectivity index (χ4v) is 3.04. The van der Waals surface area contributed by atoms with Crippen LogP contribution in [-0.2, 0) is 13.6 Å². The molecule has 2 aromatic carbocycles. The predicted octanol–water partition coefficient (Wildman–Crippen LogP) is 3.46. The van der Waals surface area contributed by atoms with Gasteiger partial charge in [-0.1, -0.05) is 18.2 Å². The number of aromatic carboxylic acids is 1. The van der Waals surface area contributed by atoms with Crippen LogP contribution in [0, 0.1) is 11.6 Å². The number of carboxylic acid groups (broad SMARTS) is 1. The van der Waals surface area contributed by atoms with Crippen molar-refractivity contribution >= 4 is 16.9 Å². The van der Waals surface area contributed by atoms with Gasteiger partial charge in [0.15, 0.2) is 5.69 Å². The van der Waals surface area contributed by atoms with Crippen molar-refractivity contribution in [2.45, 2.75) is 6.54 Å². The summed E-state index contributed by atoms with van der Waals surface area (Å²) in [5.74, 6) is -2.48. The third-order valence-corrected chi connectivity index (χ3v) is 4.34. The number of carboxylic acids is 1. The molecule has 0 unspecified atom stereocenters. The zero-order valence-electron chi connectivity index (χ0n) is 14.2. The quantitative estimate of drug-likeness (QED) is 0.599. The highest BCUT2D eigenvalue weighted by Gasteiger charge is 2.20. The van der Waals surface area contributed by atoms with Crippen molar-refractivity contribution in [3.05, 3.63) is 71.7 Å². The lowest BCUT2D eigenvalue weighted by molar-refractivity contribution is 0.0691. The van der Waals surface area contributed by atoms with Gasteiger partial charge >= 0.3 is 5.97 Å². The number of halogens is 2. The van der Waals surface area contributed by atoms with Crippen LogP contribution in [0.15, 0.2) is 48.8 Å². The van der Waals surface area contributed by atoms with E-state index in [9.17, 15) is 18.7 Å². The number of nitrogens with zero attached hydrogens (tertiary/aromatic N) is 4. The molecule has 2 aromatic heterocycles. The van der Waals surface area contributed by atoms with Gasteiger partial charge in [0.1, 0.15) is 11.6 Å². The minimum Gasteiger partial charge on any atom is -0.476 e.